The number of aromatic nitrogens is 2. The molecule has 1 aromatic carbocycles. The van der Waals surface area contributed by atoms with E-state index in [9.17, 15) is 4.79 Å². The molecule has 2 aromatic rings. The minimum Gasteiger partial charge on any atom is -0.444 e. The molecule has 0 fully saturated rings. The highest BCUT2D eigenvalue weighted by Crippen LogP contribution is 2.20. The van der Waals surface area contributed by atoms with E-state index < -0.39 is 6.09 Å². The molecular formula is C12H9BrClN3O2. The second-order valence-corrected chi connectivity index (χ2v) is 4.62. The lowest BCUT2D eigenvalue weighted by molar-refractivity contribution is 0.155. The first-order valence-corrected chi connectivity index (χ1v) is 6.48. The van der Waals surface area contributed by atoms with Crippen LogP contribution in [0.3, 0.4) is 0 Å². The van der Waals surface area contributed by atoms with Crippen molar-refractivity contribution in [2.24, 2.45) is 0 Å². The summed E-state index contributed by atoms with van der Waals surface area (Å²) < 4.78 is 5.45. The molecule has 0 saturated carbocycles. The SMILES string of the molecule is O=C(Nc1cnc(Cl)nc1Br)OCc1ccccc1. The summed E-state index contributed by atoms with van der Waals surface area (Å²) in [5, 5.41) is 2.61. The number of carbonyl (C=O) groups excluding carboxylic acids is 1. The minimum absolute atomic E-state index is 0.0927. The number of hydrogen-bond donors (Lipinski definition) is 1. The summed E-state index contributed by atoms with van der Waals surface area (Å²) in [5.74, 6) is 0. The van der Waals surface area contributed by atoms with Crippen LogP contribution in [0, 0.1) is 0 Å². The van der Waals surface area contributed by atoms with Crippen molar-refractivity contribution in [1.29, 1.82) is 0 Å². The largest absolute Gasteiger partial charge is 0.444 e. The molecule has 0 spiro atoms. The van der Waals surface area contributed by atoms with Crippen LogP contribution >= 0.6 is 27.5 Å². The zero-order valence-corrected chi connectivity index (χ0v) is 12.0. The molecule has 19 heavy (non-hydrogen) atoms. The van der Waals surface area contributed by atoms with Crippen LogP contribution in [0.4, 0.5) is 10.5 Å². The lowest BCUT2D eigenvalue weighted by Gasteiger charge is -2.07. The third-order valence-electron chi connectivity index (χ3n) is 2.16. The number of nitrogens with zero attached hydrogens (tertiary/aromatic N) is 2. The van der Waals surface area contributed by atoms with Gasteiger partial charge in [0, 0.05) is 0 Å². The molecule has 98 valence electrons. The van der Waals surface area contributed by atoms with Gasteiger partial charge in [0.2, 0.25) is 5.28 Å². The third-order valence-corrected chi connectivity index (χ3v) is 2.95. The van der Waals surface area contributed by atoms with E-state index in [1.165, 1.54) is 6.20 Å². The van der Waals surface area contributed by atoms with Crippen LogP contribution in [0.5, 0.6) is 0 Å². The Hall–Kier alpha value is -1.66. The third kappa shape index (κ3) is 4.18. The van der Waals surface area contributed by atoms with Crippen LogP contribution in [-0.4, -0.2) is 16.1 Å². The summed E-state index contributed by atoms with van der Waals surface area (Å²) >= 11 is 8.76. The van der Waals surface area contributed by atoms with Gasteiger partial charge in [-0.3, -0.25) is 5.32 Å². The Morgan fingerprint density at radius 2 is 2.11 bits per heavy atom. The number of amides is 1. The van der Waals surface area contributed by atoms with Crippen LogP contribution in [0.25, 0.3) is 0 Å². The molecule has 0 bridgehead atoms. The first kappa shape index (κ1) is 13.8. The number of nitrogens with one attached hydrogen (secondary N) is 1. The number of hydrogen-bond acceptors (Lipinski definition) is 4. The van der Waals surface area contributed by atoms with Crippen molar-refractivity contribution in [3.63, 3.8) is 0 Å². The highest BCUT2D eigenvalue weighted by molar-refractivity contribution is 9.10. The van der Waals surface area contributed by atoms with E-state index in [1.54, 1.807) is 0 Å². The predicted molar refractivity (Wildman–Crippen MR) is 75.0 cm³/mol. The van der Waals surface area contributed by atoms with Gasteiger partial charge in [0.15, 0.2) is 0 Å². The van der Waals surface area contributed by atoms with E-state index in [4.69, 9.17) is 16.3 Å². The van der Waals surface area contributed by atoms with Crippen molar-refractivity contribution >= 4 is 39.3 Å². The molecule has 1 aromatic heterocycles. The Labute approximate surface area is 123 Å². The van der Waals surface area contributed by atoms with Crippen LogP contribution < -0.4 is 5.32 Å². The Morgan fingerprint density at radius 1 is 1.37 bits per heavy atom. The molecule has 0 atom stereocenters. The fourth-order valence-electron chi connectivity index (χ4n) is 1.29. The van der Waals surface area contributed by atoms with Gasteiger partial charge in [0.05, 0.1) is 11.9 Å². The lowest BCUT2D eigenvalue weighted by Crippen LogP contribution is -2.14. The Bertz CT molecular complexity index is 580. The first-order chi connectivity index (χ1) is 9.15. The van der Waals surface area contributed by atoms with Crippen LogP contribution in [0.15, 0.2) is 41.1 Å². The second-order valence-electron chi connectivity index (χ2n) is 3.53. The molecule has 2 rings (SSSR count). The summed E-state index contributed by atoms with van der Waals surface area (Å²) in [6, 6.07) is 9.38. The molecule has 0 radical (unpaired) electrons. The molecule has 5 nitrogen and oxygen atoms in total. The number of benzene rings is 1. The highest BCUT2D eigenvalue weighted by Gasteiger charge is 2.08. The van der Waals surface area contributed by atoms with Gasteiger partial charge in [-0.15, -0.1) is 0 Å². The molecular weight excluding hydrogens is 334 g/mol. The van der Waals surface area contributed by atoms with Gasteiger partial charge in [-0.25, -0.2) is 14.8 Å². The Balaban J connectivity index is 1.91. The number of halogens is 2. The minimum atomic E-state index is -0.588. The van der Waals surface area contributed by atoms with E-state index in [0.717, 1.165) is 5.56 Å². The molecule has 0 unspecified atom stereocenters. The van der Waals surface area contributed by atoms with Crippen LogP contribution in [-0.2, 0) is 11.3 Å². The fraction of sp³-hybridized carbons (Fsp3) is 0.0833. The van der Waals surface area contributed by atoms with Gasteiger partial charge in [-0.1, -0.05) is 30.3 Å². The highest BCUT2D eigenvalue weighted by atomic mass is 79.9. The molecule has 0 aliphatic carbocycles. The lowest BCUT2D eigenvalue weighted by atomic mass is 10.2. The molecule has 0 aliphatic rings. The maximum absolute atomic E-state index is 11.6. The molecule has 0 saturated heterocycles. The van der Waals surface area contributed by atoms with Gasteiger partial charge >= 0.3 is 6.09 Å². The molecule has 7 heteroatoms. The number of anilines is 1. The topological polar surface area (TPSA) is 64.1 Å². The fourth-order valence-corrected chi connectivity index (χ4v) is 1.90. The van der Waals surface area contributed by atoms with Crippen molar-refractivity contribution in [2.45, 2.75) is 6.61 Å². The number of rotatable bonds is 3. The first-order valence-electron chi connectivity index (χ1n) is 5.31. The van der Waals surface area contributed by atoms with E-state index in [-0.39, 0.29) is 11.9 Å². The second kappa shape index (κ2) is 6.49. The number of ether oxygens (including phenoxy) is 1. The van der Waals surface area contributed by atoms with Crippen molar-refractivity contribution in [2.75, 3.05) is 5.32 Å². The van der Waals surface area contributed by atoms with E-state index in [0.29, 0.717) is 10.3 Å². The molecule has 1 N–H and O–H groups in total. The van der Waals surface area contributed by atoms with Gasteiger partial charge in [-0.05, 0) is 33.1 Å². The summed E-state index contributed by atoms with van der Waals surface area (Å²) in [6.45, 7) is 0.193. The number of carbonyl (C=O) groups is 1. The van der Waals surface area contributed by atoms with Crippen LogP contribution in [0.2, 0.25) is 5.28 Å². The smallest absolute Gasteiger partial charge is 0.412 e. The van der Waals surface area contributed by atoms with E-state index >= 15 is 0 Å². The summed E-state index contributed by atoms with van der Waals surface area (Å²) in [5.41, 5.74) is 1.30. The van der Waals surface area contributed by atoms with Crippen molar-refractivity contribution < 1.29 is 9.53 Å². The zero-order chi connectivity index (χ0) is 13.7. The monoisotopic (exact) mass is 341 g/mol. The van der Waals surface area contributed by atoms with E-state index in [1.807, 2.05) is 30.3 Å². The quantitative estimate of drug-likeness (QED) is 0.683. The maximum Gasteiger partial charge on any atom is 0.412 e. The van der Waals surface area contributed by atoms with E-state index in [2.05, 4.69) is 31.2 Å². The molecule has 0 aliphatic heterocycles. The normalized spacial score (nSPS) is 10.0. The van der Waals surface area contributed by atoms with Crippen molar-refractivity contribution in [3.8, 4) is 0 Å². The predicted octanol–water partition coefficient (Wildman–Crippen LogP) is 3.64. The summed E-state index contributed by atoms with van der Waals surface area (Å²) in [7, 11) is 0. The maximum atomic E-state index is 11.6. The summed E-state index contributed by atoms with van der Waals surface area (Å²) in [4.78, 5) is 19.2. The standard InChI is InChI=1S/C12H9BrClN3O2/c13-10-9(6-15-11(14)17-10)16-12(18)19-7-8-4-2-1-3-5-8/h1-6H,7H2,(H,16,18). The van der Waals surface area contributed by atoms with Crippen molar-refractivity contribution in [3.05, 3.63) is 52.0 Å². The van der Waals surface area contributed by atoms with Crippen molar-refractivity contribution in [1.82, 2.24) is 9.97 Å². The molecule has 1 heterocycles. The van der Waals surface area contributed by atoms with Crippen LogP contribution in [0.1, 0.15) is 5.56 Å². The van der Waals surface area contributed by atoms with Gasteiger partial charge in [-0.2, -0.15) is 0 Å². The summed E-state index contributed by atoms with van der Waals surface area (Å²) in [6.07, 6.45) is 0.805. The van der Waals surface area contributed by atoms with Gasteiger partial charge in [0.1, 0.15) is 11.2 Å². The van der Waals surface area contributed by atoms with Gasteiger partial charge < -0.3 is 4.74 Å². The zero-order valence-electron chi connectivity index (χ0n) is 9.64. The van der Waals surface area contributed by atoms with Gasteiger partial charge in [0.25, 0.3) is 0 Å². The average molecular weight is 343 g/mol. The Morgan fingerprint density at radius 3 is 2.79 bits per heavy atom. The molecule has 1 amide bonds. The average Bonchev–Trinajstić information content (AvgIpc) is 2.41. The Kier molecular flexibility index (Phi) is 4.70.